The highest BCUT2D eigenvalue weighted by Gasteiger charge is 2.26. The highest BCUT2D eigenvalue weighted by Crippen LogP contribution is 2.49. The van der Waals surface area contributed by atoms with E-state index in [-0.39, 0.29) is 23.3 Å². The molecule has 6 heteroatoms. The molecule has 0 aliphatic rings. The minimum Gasteiger partial charge on any atom is -0.466 e. The molecule has 0 aromatic rings. The maximum Gasteiger partial charge on any atom is 0.306 e. The monoisotopic (exact) mass is 296 g/mol. The molecular weight excluding hydrogens is 271 g/mol. The van der Waals surface area contributed by atoms with Gasteiger partial charge in [0.1, 0.15) is 0 Å². The van der Waals surface area contributed by atoms with Gasteiger partial charge in [0, 0.05) is 17.1 Å². The maximum atomic E-state index is 12.5. The third kappa shape index (κ3) is 9.01. The van der Waals surface area contributed by atoms with Crippen molar-refractivity contribution in [2.75, 3.05) is 25.5 Å². The lowest BCUT2D eigenvalue weighted by molar-refractivity contribution is -0.142. The fourth-order valence-electron chi connectivity index (χ4n) is 1.41. The second kappa shape index (κ2) is 8.23. The van der Waals surface area contributed by atoms with Crippen molar-refractivity contribution in [1.82, 2.24) is 0 Å². The fraction of sp³-hybridized carbons (Fsp3) is 0.917. The molecule has 1 atom stereocenters. The molecule has 18 heavy (non-hydrogen) atoms. The number of carbonyl (C=O) groups is 1. The van der Waals surface area contributed by atoms with Crippen molar-refractivity contribution < 1.29 is 18.6 Å². The third-order valence-electron chi connectivity index (χ3n) is 2.39. The summed E-state index contributed by atoms with van der Waals surface area (Å²) in [4.78, 5) is 11.3. The summed E-state index contributed by atoms with van der Waals surface area (Å²) in [5.74, 6) is -0.317. The summed E-state index contributed by atoms with van der Waals surface area (Å²) in [6, 6.07) is 0. The van der Waals surface area contributed by atoms with E-state index >= 15 is 0 Å². The first-order chi connectivity index (χ1) is 8.22. The van der Waals surface area contributed by atoms with Crippen molar-refractivity contribution in [3.05, 3.63) is 0 Å². The molecule has 0 aliphatic carbocycles. The summed E-state index contributed by atoms with van der Waals surface area (Å²) in [5, 5.41) is 0. The molecule has 0 saturated carbocycles. The van der Waals surface area contributed by atoms with E-state index in [0.717, 1.165) is 0 Å². The lowest BCUT2D eigenvalue weighted by atomic mass is 10.1. The molecule has 0 spiro atoms. The number of hydrogen-bond acceptors (Lipinski definition) is 5. The SMILES string of the molecule is CCOC(=O)CCP(=O)(CCC(C)(C)S)OCC. The van der Waals surface area contributed by atoms with Gasteiger partial charge in [-0.25, -0.2) is 0 Å². The van der Waals surface area contributed by atoms with Gasteiger partial charge in [-0.1, -0.05) is 13.8 Å². The molecule has 108 valence electrons. The van der Waals surface area contributed by atoms with Gasteiger partial charge in [0.15, 0.2) is 0 Å². The average Bonchev–Trinajstić information content (AvgIpc) is 2.24. The van der Waals surface area contributed by atoms with Crippen molar-refractivity contribution in [3.8, 4) is 0 Å². The highest BCUT2D eigenvalue weighted by atomic mass is 32.1. The molecule has 0 fully saturated rings. The van der Waals surface area contributed by atoms with Gasteiger partial charge in [-0.15, -0.1) is 0 Å². The zero-order chi connectivity index (χ0) is 14.2. The molecule has 0 aliphatic heterocycles. The van der Waals surface area contributed by atoms with Gasteiger partial charge in [0.05, 0.1) is 19.6 Å². The Kier molecular flexibility index (Phi) is 8.24. The molecule has 1 unspecified atom stereocenters. The number of hydrogen-bond donors (Lipinski definition) is 1. The summed E-state index contributed by atoms with van der Waals surface area (Å²) in [6.07, 6.45) is 1.55. The molecule has 0 radical (unpaired) electrons. The van der Waals surface area contributed by atoms with Crippen molar-refractivity contribution >= 4 is 26.0 Å². The summed E-state index contributed by atoms with van der Waals surface area (Å²) in [5.41, 5.74) is 0. The summed E-state index contributed by atoms with van der Waals surface area (Å²) >= 11 is 4.41. The van der Waals surface area contributed by atoms with Crippen LogP contribution in [0, 0.1) is 0 Å². The first-order valence-corrected chi connectivity index (χ1v) is 8.77. The van der Waals surface area contributed by atoms with Crippen molar-refractivity contribution in [3.63, 3.8) is 0 Å². The minimum absolute atomic E-state index is 0.151. The van der Waals surface area contributed by atoms with Gasteiger partial charge < -0.3 is 9.26 Å². The molecule has 0 aromatic carbocycles. The van der Waals surface area contributed by atoms with E-state index in [1.54, 1.807) is 6.92 Å². The molecular formula is C12H25O4PS. The zero-order valence-electron chi connectivity index (χ0n) is 11.8. The van der Waals surface area contributed by atoms with Gasteiger partial charge in [-0.05, 0) is 20.3 Å². The first kappa shape index (κ1) is 18.0. The normalized spacial score (nSPS) is 15.2. The molecule has 4 nitrogen and oxygen atoms in total. The molecule has 0 heterocycles. The van der Waals surface area contributed by atoms with Crippen LogP contribution in [0.25, 0.3) is 0 Å². The lowest BCUT2D eigenvalue weighted by Gasteiger charge is -2.22. The van der Waals surface area contributed by atoms with E-state index in [2.05, 4.69) is 12.6 Å². The summed E-state index contributed by atoms with van der Waals surface area (Å²) in [6.45, 7) is 8.25. The van der Waals surface area contributed by atoms with Crippen LogP contribution in [0.4, 0.5) is 0 Å². The minimum atomic E-state index is -2.74. The van der Waals surface area contributed by atoms with E-state index in [9.17, 15) is 9.36 Å². The maximum absolute atomic E-state index is 12.5. The Morgan fingerprint density at radius 2 is 1.83 bits per heavy atom. The Morgan fingerprint density at radius 3 is 2.28 bits per heavy atom. The largest absolute Gasteiger partial charge is 0.466 e. The molecule has 0 amide bonds. The Morgan fingerprint density at radius 1 is 1.22 bits per heavy atom. The van der Waals surface area contributed by atoms with Gasteiger partial charge in [-0.3, -0.25) is 9.36 Å². The molecule has 0 saturated heterocycles. The standard InChI is InChI=1S/C12H25O4PS/c1-5-15-11(13)7-9-17(14,16-6-2)10-8-12(3,4)18/h18H,5-10H2,1-4H3. The molecule has 0 aromatic heterocycles. The number of thiol groups is 1. The van der Waals surface area contributed by atoms with Gasteiger partial charge in [0.25, 0.3) is 0 Å². The Labute approximate surface area is 116 Å². The van der Waals surface area contributed by atoms with Crippen LogP contribution >= 0.6 is 20.0 Å². The van der Waals surface area contributed by atoms with Crippen LogP contribution in [-0.2, 0) is 18.6 Å². The van der Waals surface area contributed by atoms with Gasteiger partial charge in [0.2, 0.25) is 7.37 Å². The summed E-state index contributed by atoms with van der Waals surface area (Å²) < 4.78 is 22.5. The van der Waals surface area contributed by atoms with E-state index in [4.69, 9.17) is 9.26 Å². The topological polar surface area (TPSA) is 52.6 Å². The van der Waals surface area contributed by atoms with Crippen LogP contribution in [0.3, 0.4) is 0 Å². The van der Waals surface area contributed by atoms with Crippen molar-refractivity contribution in [2.24, 2.45) is 0 Å². The summed E-state index contributed by atoms with van der Waals surface area (Å²) in [7, 11) is -2.74. The smallest absolute Gasteiger partial charge is 0.306 e. The van der Waals surface area contributed by atoms with E-state index in [1.807, 2.05) is 20.8 Å². The molecule has 0 N–H and O–H groups in total. The van der Waals surface area contributed by atoms with E-state index in [0.29, 0.717) is 25.8 Å². The van der Waals surface area contributed by atoms with E-state index < -0.39 is 7.37 Å². The van der Waals surface area contributed by atoms with Crippen LogP contribution in [0.1, 0.15) is 40.5 Å². The zero-order valence-corrected chi connectivity index (χ0v) is 13.6. The number of esters is 1. The predicted molar refractivity (Wildman–Crippen MR) is 77.9 cm³/mol. The Bertz CT molecular complexity index is 299. The van der Waals surface area contributed by atoms with Crippen LogP contribution in [-0.4, -0.2) is 36.3 Å². The fourth-order valence-corrected chi connectivity index (χ4v) is 4.08. The highest BCUT2D eigenvalue weighted by molar-refractivity contribution is 7.81. The van der Waals surface area contributed by atoms with Crippen LogP contribution in [0.5, 0.6) is 0 Å². The second-order valence-corrected chi connectivity index (χ2v) is 8.79. The Balaban J connectivity index is 4.34. The van der Waals surface area contributed by atoms with Crippen LogP contribution < -0.4 is 0 Å². The quantitative estimate of drug-likeness (QED) is 0.403. The first-order valence-electron chi connectivity index (χ1n) is 6.33. The number of carbonyl (C=O) groups excluding carboxylic acids is 1. The van der Waals surface area contributed by atoms with Crippen molar-refractivity contribution in [2.45, 2.75) is 45.3 Å². The van der Waals surface area contributed by atoms with Gasteiger partial charge in [-0.2, -0.15) is 12.6 Å². The Hall–Kier alpha value is 0.01000. The van der Waals surface area contributed by atoms with E-state index in [1.165, 1.54) is 0 Å². The lowest BCUT2D eigenvalue weighted by Crippen LogP contribution is -2.15. The van der Waals surface area contributed by atoms with Crippen LogP contribution in [0.2, 0.25) is 0 Å². The van der Waals surface area contributed by atoms with Gasteiger partial charge >= 0.3 is 5.97 Å². The predicted octanol–water partition coefficient (Wildman–Crippen LogP) is 3.35. The molecule has 0 bridgehead atoms. The van der Waals surface area contributed by atoms with Crippen LogP contribution in [0.15, 0.2) is 0 Å². The average molecular weight is 296 g/mol. The van der Waals surface area contributed by atoms with Crippen molar-refractivity contribution in [1.29, 1.82) is 0 Å². The second-order valence-electron chi connectivity index (χ2n) is 4.80. The number of rotatable bonds is 9. The molecule has 0 rings (SSSR count). The number of ether oxygens (including phenoxy) is 1. The third-order valence-corrected chi connectivity index (χ3v) is 5.15.